The van der Waals surface area contributed by atoms with Gasteiger partial charge < -0.3 is 15.2 Å². The van der Waals surface area contributed by atoms with Crippen LogP contribution < -0.4 is 10.1 Å². The van der Waals surface area contributed by atoms with Gasteiger partial charge in [0.05, 0.1) is 16.2 Å². The van der Waals surface area contributed by atoms with E-state index < -0.39 is 10.8 Å². The summed E-state index contributed by atoms with van der Waals surface area (Å²) >= 11 is 1.33. The number of anilines is 1. The summed E-state index contributed by atoms with van der Waals surface area (Å²) in [4.78, 5) is 24.9. The Morgan fingerprint density at radius 1 is 0.955 bits per heavy atom. The molecule has 1 aromatic heterocycles. The van der Waals surface area contributed by atoms with Crippen LogP contribution in [0.1, 0.15) is 21.5 Å². The highest BCUT2D eigenvalue weighted by atomic mass is 32.2. The molecule has 218 valence electrons. The number of thioether (sulfide) groups is 1. The molecule has 44 heavy (non-hydrogen) atoms. The van der Waals surface area contributed by atoms with Crippen LogP contribution in [-0.4, -0.2) is 36.1 Å². The van der Waals surface area contributed by atoms with E-state index in [0.29, 0.717) is 32.9 Å². The number of hydrogen-bond acceptors (Lipinski definition) is 9. The highest BCUT2D eigenvalue weighted by molar-refractivity contribution is 7.98. The first-order chi connectivity index (χ1) is 21.4. The highest BCUT2D eigenvalue weighted by Gasteiger charge is 2.22. The first-order valence-corrected chi connectivity index (χ1v) is 14.4. The molecule has 0 bridgehead atoms. The number of hydrogen-bond donors (Lipinski definition) is 2. The molecule has 0 saturated heterocycles. The van der Waals surface area contributed by atoms with Gasteiger partial charge in [0, 0.05) is 28.3 Å². The van der Waals surface area contributed by atoms with Crippen LogP contribution in [0.15, 0.2) is 108 Å². The largest absolute Gasteiger partial charge is 0.506 e. The molecule has 12 heteroatoms. The number of tetrazole rings is 1. The van der Waals surface area contributed by atoms with Crippen molar-refractivity contribution in [3.63, 3.8) is 0 Å². The molecule has 11 nitrogen and oxygen atoms in total. The molecule has 1 amide bonds. The van der Waals surface area contributed by atoms with Gasteiger partial charge in [-0.15, -0.1) is 5.10 Å². The zero-order chi connectivity index (χ0) is 30.6. The van der Waals surface area contributed by atoms with Crippen LogP contribution in [0.25, 0.3) is 16.5 Å². The van der Waals surface area contributed by atoms with Crippen molar-refractivity contribution in [3.8, 4) is 22.9 Å². The quantitative estimate of drug-likeness (QED) is 0.100. The number of phenols is 1. The molecule has 0 spiro atoms. The summed E-state index contributed by atoms with van der Waals surface area (Å²) in [5.41, 5.74) is 2.60. The Bertz CT molecular complexity index is 2010. The second kappa shape index (κ2) is 12.2. The van der Waals surface area contributed by atoms with Crippen molar-refractivity contribution in [2.24, 2.45) is 0 Å². The summed E-state index contributed by atoms with van der Waals surface area (Å²) < 4.78 is 7.71. The topological polar surface area (TPSA) is 145 Å². The number of nitrogens with one attached hydrogen (secondary N) is 1. The van der Waals surface area contributed by atoms with E-state index >= 15 is 0 Å². The number of carbonyl (C=O) groups is 1. The molecular weight excluding hydrogens is 580 g/mol. The zero-order valence-corrected chi connectivity index (χ0v) is 24.1. The molecule has 6 rings (SSSR count). The molecule has 0 saturated carbocycles. The van der Waals surface area contributed by atoms with Crippen LogP contribution in [0.5, 0.6) is 17.2 Å². The van der Waals surface area contributed by atoms with Gasteiger partial charge >= 0.3 is 5.69 Å². The second-order valence-electron chi connectivity index (χ2n) is 9.74. The Balaban J connectivity index is 1.30. The number of fused-ring (bicyclic) bond motifs is 1. The monoisotopic (exact) mass is 604 g/mol. The van der Waals surface area contributed by atoms with Crippen LogP contribution in [0.2, 0.25) is 0 Å². The van der Waals surface area contributed by atoms with E-state index in [1.54, 1.807) is 47.1 Å². The third kappa shape index (κ3) is 5.78. The molecule has 0 aliphatic carbocycles. The van der Waals surface area contributed by atoms with Crippen LogP contribution in [0.4, 0.5) is 11.4 Å². The van der Waals surface area contributed by atoms with Crippen molar-refractivity contribution in [2.45, 2.75) is 17.8 Å². The Morgan fingerprint density at radius 2 is 1.68 bits per heavy atom. The molecule has 0 aliphatic heterocycles. The van der Waals surface area contributed by atoms with E-state index in [-0.39, 0.29) is 28.5 Å². The van der Waals surface area contributed by atoms with Gasteiger partial charge in [-0.3, -0.25) is 14.9 Å². The predicted molar refractivity (Wildman–Crippen MR) is 167 cm³/mol. The summed E-state index contributed by atoms with van der Waals surface area (Å²) in [6.45, 7) is 1.86. The normalized spacial score (nSPS) is 10.9. The van der Waals surface area contributed by atoms with Crippen LogP contribution in [0.3, 0.4) is 0 Å². The summed E-state index contributed by atoms with van der Waals surface area (Å²) in [5.74, 6) is -0.245. The SMILES string of the molecule is Cc1ccccc1NC(=O)c1cc(Oc2ccc(CSc3nnnn3-c3ccccc3)cc2[N+](=O)[O-])c2ccccc2c1O. The van der Waals surface area contributed by atoms with Crippen LogP contribution in [-0.2, 0) is 5.75 Å². The lowest BCUT2D eigenvalue weighted by atomic mass is 10.0. The number of nitro benzene ring substituents is 1. The molecule has 0 radical (unpaired) electrons. The van der Waals surface area contributed by atoms with E-state index in [2.05, 4.69) is 20.8 Å². The number of aromatic hydroxyl groups is 1. The number of para-hydroxylation sites is 2. The fraction of sp³-hybridized carbons (Fsp3) is 0.0625. The number of amides is 1. The number of aryl methyl sites for hydroxylation is 1. The molecule has 5 aromatic carbocycles. The molecular formula is C32H24N6O5S. The summed E-state index contributed by atoms with van der Waals surface area (Å²) in [7, 11) is 0. The average molecular weight is 605 g/mol. The third-order valence-corrected chi connectivity index (χ3v) is 7.86. The van der Waals surface area contributed by atoms with E-state index in [0.717, 1.165) is 11.3 Å². The zero-order valence-electron chi connectivity index (χ0n) is 23.2. The van der Waals surface area contributed by atoms with Gasteiger partial charge in [-0.2, -0.15) is 4.68 Å². The maximum atomic E-state index is 13.3. The summed E-state index contributed by atoms with van der Waals surface area (Å²) in [6.07, 6.45) is 0. The minimum absolute atomic E-state index is 0.0148. The van der Waals surface area contributed by atoms with Gasteiger partial charge in [0.2, 0.25) is 10.9 Å². The minimum atomic E-state index is -0.549. The summed E-state index contributed by atoms with van der Waals surface area (Å²) in [6, 6.07) is 29.6. The van der Waals surface area contributed by atoms with E-state index in [9.17, 15) is 20.0 Å². The lowest BCUT2D eigenvalue weighted by molar-refractivity contribution is -0.385. The molecule has 6 aromatic rings. The van der Waals surface area contributed by atoms with Crippen molar-refractivity contribution in [1.82, 2.24) is 20.2 Å². The van der Waals surface area contributed by atoms with Crippen molar-refractivity contribution in [1.29, 1.82) is 0 Å². The molecule has 1 heterocycles. The standard InChI is InChI=1S/C32H24N6O5S/c1-20-9-5-8-14-26(20)33-31(40)25-18-29(23-12-6-7-13-24(23)30(25)39)43-28-16-15-21(17-27(28)38(41)42)19-44-32-34-35-36-37(32)22-10-3-2-4-11-22/h2-18,39H,19H2,1H3,(H,33,40). The smallest absolute Gasteiger partial charge is 0.311 e. The van der Waals surface area contributed by atoms with E-state index in [1.807, 2.05) is 49.4 Å². The maximum Gasteiger partial charge on any atom is 0.311 e. The Labute approximate surface area is 255 Å². The van der Waals surface area contributed by atoms with Gasteiger partial charge in [0.1, 0.15) is 11.5 Å². The number of carbonyl (C=O) groups excluding carboxylic acids is 1. The highest BCUT2D eigenvalue weighted by Crippen LogP contribution is 2.41. The lowest BCUT2D eigenvalue weighted by Gasteiger charge is -2.15. The van der Waals surface area contributed by atoms with Gasteiger partial charge in [0.15, 0.2) is 0 Å². The first-order valence-electron chi connectivity index (χ1n) is 13.4. The van der Waals surface area contributed by atoms with Gasteiger partial charge in [-0.1, -0.05) is 78.5 Å². The number of ether oxygens (including phenoxy) is 1. The predicted octanol–water partition coefficient (Wildman–Crippen LogP) is 7.07. The molecule has 0 atom stereocenters. The van der Waals surface area contributed by atoms with Crippen molar-refractivity contribution in [3.05, 3.63) is 130 Å². The first kappa shape index (κ1) is 28.4. The van der Waals surface area contributed by atoms with Gasteiger partial charge in [0.25, 0.3) is 5.91 Å². The lowest BCUT2D eigenvalue weighted by Crippen LogP contribution is -2.13. The number of phenolic OH excluding ortho intramolecular Hbond substituents is 1. The Morgan fingerprint density at radius 3 is 2.45 bits per heavy atom. The van der Waals surface area contributed by atoms with Crippen molar-refractivity contribution < 1.29 is 19.6 Å². The van der Waals surface area contributed by atoms with Crippen LogP contribution in [0, 0.1) is 17.0 Å². The minimum Gasteiger partial charge on any atom is -0.506 e. The number of rotatable bonds is 9. The second-order valence-corrected chi connectivity index (χ2v) is 10.7. The van der Waals surface area contributed by atoms with E-state index in [1.165, 1.54) is 30.0 Å². The molecule has 0 unspecified atom stereocenters. The number of aromatic nitrogens is 4. The van der Waals surface area contributed by atoms with Gasteiger partial charge in [-0.05, 0) is 58.8 Å². The van der Waals surface area contributed by atoms with E-state index in [4.69, 9.17) is 4.74 Å². The van der Waals surface area contributed by atoms with Crippen molar-refractivity contribution >= 4 is 39.8 Å². The van der Waals surface area contributed by atoms with Crippen LogP contribution >= 0.6 is 11.8 Å². The maximum absolute atomic E-state index is 13.3. The fourth-order valence-corrected chi connectivity index (χ4v) is 5.47. The number of benzene rings is 5. The average Bonchev–Trinajstić information content (AvgIpc) is 3.52. The molecule has 0 fully saturated rings. The van der Waals surface area contributed by atoms with Gasteiger partial charge in [-0.25, -0.2) is 0 Å². The fourth-order valence-electron chi connectivity index (χ4n) is 4.64. The van der Waals surface area contributed by atoms with Crippen molar-refractivity contribution in [2.75, 3.05) is 5.32 Å². The molecule has 2 N–H and O–H groups in total. The number of nitro groups is 1. The Hall–Kier alpha value is -5.75. The summed E-state index contributed by atoms with van der Waals surface area (Å²) in [5, 5.41) is 39.3. The Kier molecular flexibility index (Phi) is 7.89. The number of nitrogens with zero attached hydrogens (tertiary/aromatic N) is 5. The third-order valence-electron chi connectivity index (χ3n) is 6.87. The molecule has 0 aliphatic rings.